The van der Waals surface area contributed by atoms with Crippen molar-refractivity contribution in [2.45, 2.75) is 5.76 Å². The average molecular weight is 240 g/mol. The van der Waals surface area contributed by atoms with Gasteiger partial charge in [0.2, 0.25) is 0 Å². The van der Waals surface area contributed by atoms with E-state index >= 15 is 0 Å². The van der Waals surface area contributed by atoms with Crippen molar-refractivity contribution in [2.75, 3.05) is 0 Å². The van der Waals surface area contributed by atoms with Crippen LogP contribution in [0.4, 0.5) is 0 Å². The molecule has 67 valence electrons. The summed E-state index contributed by atoms with van der Waals surface area (Å²) in [6.45, 7) is 0. The van der Waals surface area contributed by atoms with Gasteiger partial charge in [0.05, 0.1) is 0 Å². The normalized spacial score (nSPS) is 13.8. The number of hydrogen-bond acceptors (Lipinski definition) is 0. The third-order valence-corrected chi connectivity index (χ3v) is 8.17. The van der Waals surface area contributed by atoms with E-state index in [0.717, 1.165) is 0 Å². The first-order valence-electron chi connectivity index (χ1n) is 4.90. The van der Waals surface area contributed by atoms with Gasteiger partial charge in [-0.15, -0.1) is 0 Å². The molecule has 2 aromatic rings. The van der Waals surface area contributed by atoms with E-state index in [1.807, 2.05) is 0 Å². The van der Waals surface area contributed by atoms with E-state index in [1.54, 1.807) is 8.79 Å². The van der Waals surface area contributed by atoms with Crippen molar-refractivity contribution in [3.8, 4) is 11.1 Å². The van der Waals surface area contributed by atoms with Crippen LogP contribution in [0.3, 0.4) is 0 Å². The summed E-state index contributed by atoms with van der Waals surface area (Å²) < 4.78 is 3.27. The second kappa shape index (κ2) is 2.99. The molecule has 0 aromatic heterocycles. The van der Waals surface area contributed by atoms with Gasteiger partial charge in [-0.2, -0.15) is 0 Å². The van der Waals surface area contributed by atoms with Crippen LogP contribution in [0, 0.1) is 0 Å². The molecule has 0 atom stereocenters. The molecule has 0 saturated carbocycles. The number of benzene rings is 2. The van der Waals surface area contributed by atoms with Crippen LogP contribution in [0.1, 0.15) is 0 Å². The van der Waals surface area contributed by atoms with Crippen LogP contribution in [-0.4, -0.2) is 14.3 Å². The Morgan fingerprint density at radius 3 is 1.64 bits per heavy atom. The molecule has 0 N–H and O–H groups in total. The van der Waals surface area contributed by atoms with Crippen LogP contribution in [0.5, 0.6) is 0 Å². The monoisotopic (exact) mass is 241 g/mol. The molecular formula is C13H11Ge. The van der Waals surface area contributed by atoms with Gasteiger partial charge < -0.3 is 0 Å². The summed E-state index contributed by atoms with van der Waals surface area (Å²) >= 11 is -1.13. The molecule has 1 aliphatic rings. The molecule has 0 saturated heterocycles. The SMILES string of the molecule is [CH3][Ge]1[c]2ccccc2-c2cccc[c]21. The molecule has 1 radical (unpaired) electrons. The van der Waals surface area contributed by atoms with E-state index in [-0.39, 0.29) is 0 Å². The molecule has 1 heteroatoms. The molecule has 0 fully saturated rings. The molecule has 3 rings (SSSR count). The first-order valence-corrected chi connectivity index (χ1v) is 9.10. The maximum atomic E-state index is 2.45. The molecule has 14 heavy (non-hydrogen) atoms. The first-order chi connectivity index (χ1) is 6.88. The zero-order valence-electron chi connectivity index (χ0n) is 8.12. The van der Waals surface area contributed by atoms with Gasteiger partial charge >= 0.3 is 88.6 Å². The molecule has 0 amide bonds. The van der Waals surface area contributed by atoms with Crippen molar-refractivity contribution in [1.82, 2.24) is 0 Å². The molecular weight excluding hydrogens is 229 g/mol. The van der Waals surface area contributed by atoms with Crippen molar-refractivity contribution in [3.63, 3.8) is 0 Å². The number of hydrogen-bond donors (Lipinski definition) is 0. The Labute approximate surface area is 88.7 Å². The summed E-state index contributed by atoms with van der Waals surface area (Å²) in [6, 6.07) is 17.8. The first kappa shape index (κ1) is 8.30. The van der Waals surface area contributed by atoms with Crippen LogP contribution < -0.4 is 8.79 Å². The van der Waals surface area contributed by atoms with E-state index in [0.29, 0.717) is 0 Å². The molecule has 0 spiro atoms. The Morgan fingerprint density at radius 2 is 1.14 bits per heavy atom. The molecule has 0 bridgehead atoms. The summed E-state index contributed by atoms with van der Waals surface area (Å²) in [5.74, 6) is 2.45. The molecule has 1 heterocycles. The zero-order chi connectivity index (χ0) is 9.54. The fourth-order valence-corrected chi connectivity index (χ4v) is 6.91. The Kier molecular flexibility index (Phi) is 1.77. The van der Waals surface area contributed by atoms with Crippen molar-refractivity contribution in [2.24, 2.45) is 0 Å². The number of rotatable bonds is 0. The minimum absolute atomic E-state index is 1.13. The summed E-state index contributed by atoms with van der Waals surface area (Å²) in [4.78, 5) is 0. The Hall–Kier alpha value is -1.02. The predicted octanol–water partition coefficient (Wildman–Crippen LogP) is 1.91. The van der Waals surface area contributed by atoms with Gasteiger partial charge in [0.25, 0.3) is 0 Å². The van der Waals surface area contributed by atoms with Crippen molar-refractivity contribution in [3.05, 3.63) is 48.5 Å². The minimum atomic E-state index is -1.13. The van der Waals surface area contributed by atoms with E-state index in [1.165, 1.54) is 11.1 Å². The second-order valence-electron chi connectivity index (χ2n) is 3.72. The van der Waals surface area contributed by atoms with Gasteiger partial charge in [-0.1, -0.05) is 0 Å². The number of fused-ring (bicyclic) bond motifs is 3. The molecule has 0 aliphatic carbocycles. The topological polar surface area (TPSA) is 0 Å². The molecule has 2 aromatic carbocycles. The van der Waals surface area contributed by atoms with Crippen LogP contribution in [0.15, 0.2) is 48.5 Å². The van der Waals surface area contributed by atoms with Crippen LogP contribution in [0.25, 0.3) is 11.1 Å². The average Bonchev–Trinajstić information content (AvgIpc) is 2.55. The van der Waals surface area contributed by atoms with Gasteiger partial charge in [0.15, 0.2) is 0 Å². The maximum absolute atomic E-state index is 2.45. The summed E-state index contributed by atoms with van der Waals surface area (Å²) in [6.07, 6.45) is 0. The van der Waals surface area contributed by atoms with Gasteiger partial charge in [-0.05, 0) is 0 Å². The Bertz CT molecular complexity index is 443. The van der Waals surface area contributed by atoms with Gasteiger partial charge in [-0.25, -0.2) is 0 Å². The van der Waals surface area contributed by atoms with Crippen LogP contribution in [-0.2, 0) is 0 Å². The Balaban J connectivity index is 2.36. The Morgan fingerprint density at radius 1 is 0.714 bits per heavy atom. The van der Waals surface area contributed by atoms with Gasteiger partial charge in [-0.3, -0.25) is 0 Å². The van der Waals surface area contributed by atoms with Crippen LogP contribution >= 0.6 is 0 Å². The fourth-order valence-electron chi connectivity index (χ4n) is 2.24. The van der Waals surface area contributed by atoms with Crippen molar-refractivity contribution in [1.29, 1.82) is 0 Å². The predicted molar refractivity (Wildman–Crippen MR) is 62.8 cm³/mol. The summed E-state index contributed by atoms with van der Waals surface area (Å²) in [5, 5.41) is 0. The molecule has 1 aliphatic heterocycles. The van der Waals surface area contributed by atoms with Crippen molar-refractivity contribution < 1.29 is 0 Å². The summed E-state index contributed by atoms with van der Waals surface area (Å²) in [5.41, 5.74) is 2.97. The van der Waals surface area contributed by atoms with Crippen molar-refractivity contribution >= 4 is 23.1 Å². The molecule has 0 unspecified atom stereocenters. The summed E-state index contributed by atoms with van der Waals surface area (Å²) in [7, 11) is 0. The molecule has 0 nitrogen and oxygen atoms in total. The fraction of sp³-hybridized carbons (Fsp3) is 0.0769. The van der Waals surface area contributed by atoms with Gasteiger partial charge in [0, 0.05) is 0 Å². The van der Waals surface area contributed by atoms with Gasteiger partial charge in [0.1, 0.15) is 0 Å². The van der Waals surface area contributed by atoms with E-state index in [9.17, 15) is 0 Å². The zero-order valence-corrected chi connectivity index (χ0v) is 10.2. The second-order valence-corrected chi connectivity index (χ2v) is 8.60. The van der Waals surface area contributed by atoms with Crippen LogP contribution in [0.2, 0.25) is 5.76 Å². The van der Waals surface area contributed by atoms with E-state index in [2.05, 4.69) is 54.3 Å². The quantitative estimate of drug-likeness (QED) is 0.617. The third kappa shape index (κ3) is 1.01. The standard InChI is InChI=1S/C13H11Ge/c1-14-12-8-4-2-6-10(12)11-7-3-5-9-13(11)14/h2-9H,1H3. The van der Waals surface area contributed by atoms with E-state index in [4.69, 9.17) is 0 Å². The third-order valence-electron chi connectivity index (χ3n) is 2.95. The van der Waals surface area contributed by atoms with E-state index < -0.39 is 14.3 Å².